The van der Waals surface area contributed by atoms with Crippen molar-refractivity contribution in [3.63, 3.8) is 0 Å². The van der Waals surface area contributed by atoms with E-state index < -0.39 is 7.29 Å². The first kappa shape index (κ1) is 18.2. The summed E-state index contributed by atoms with van der Waals surface area (Å²) in [7, 11) is -2.87. The number of nitrogens with one attached hydrogen (secondary N) is 1. The predicted octanol–water partition coefficient (Wildman–Crippen LogP) is 4.89. The normalized spacial score (nSPS) is 24.0. The molecular weight excluding hydrogens is 325 g/mol. The van der Waals surface area contributed by atoms with E-state index in [0.29, 0.717) is 11.8 Å². The van der Waals surface area contributed by atoms with Crippen LogP contribution in [0.2, 0.25) is 0 Å². The third-order valence-corrected chi connectivity index (χ3v) is 8.23. The van der Waals surface area contributed by atoms with Crippen molar-refractivity contribution in [2.75, 3.05) is 0 Å². The van der Waals surface area contributed by atoms with Crippen molar-refractivity contribution in [3.05, 3.63) is 72.8 Å². The molecule has 3 rings (SSSR count). The van der Waals surface area contributed by atoms with Gasteiger partial charge in [0.05, 0.1) is 0 Å². The molecule has 0 heterocycles. The molecule has 1 aliphatic carbocycles. The van der Waals surface area contributed by atoms with Gasteiger partial charge in [-0.05, 0) is 62.3 Å². The van der Waals surface area contributed by atoms with E-state index in [2.05, 4.69) is 25.5 Å². The van der Waals surface area contributed by atoms with Crippen LogP contribution in [0.4, 0.5) is 0 Å². The zero-order valence-electron chi connectivity index (χ0n) is 15.2. The summed E-state index contributed by atoms with van der Waals surface area (Å²) in [4.78, 5) is 0. The van der Waals surface area contributed by atoms with Crippen LogP contribution in [-0.2, 0) is 4.57 Å². The van der Waals surface area contributed by atoms with Crippen LogP contribution >= 0.6 is 7.29 Å². The van der Waals surface area contributed by atoms with Gasteiger partial charge in [0.2, 0.25) is 7.29 Å². The van der Waals surface area contributed by atoms with E-state index in [1.165, 1.54) is 12.0 Å². The molecule has 2 aromatic carbocycles. The summed E-state index contributed by atoms with van der Waals surface area (Å²) in [6.45, 7) is 8.54. The Kier molecular flexibility index (Phi) is 5.61. The highest BCUT2D eigenvalue weighted by Gasteiger charge is 2.35. The Labute approximate surface area is 151 Å². The fourth-order valence-electron chi connectivity index (χ4n) is 3.76. The third-order valence-electron chi connectivity index (χ3n) is 5.48. The minimum Gasteiger partial charge on any atom is -0.297 e. The van der Waals surface area contributed by atoms with Gasteiger partial charge >= 0.3 is 0 Å². The number of benzene rings is 2. The summed E-state index contributed by atoms with van der Waals surface area (Å²) in [5.74, 6) is 1.03. The maximum absolute atomic E-state index is 14.2. The topological polar surface area (TPSA) is 29.1 Å². The SMILES string of the molecule is C=C(C)C1CCC(C)C(NP(=O)(c2ccccc2)c2ccccc2)C1. The average molecular weight is 353 g/mol. The maximum Gasteiger partial charge on any atom is 0.204 e. The van der Waals surface area contributed by atoms with Gasteiger partial charge in [-0.3, -0.25) is 9.65 Å². The van der Waals surface area contributed by atoms with E-state index in [1.807, 2.05) is 60.7 Å². The Bertz CT molecular complexity index is 713. The van der Waals surface area contributed by atoms with Gasteiger partial charge in [0.15, 0.2) is 0 Å². The molecule has 1 fully saturated rings. The molecule has 1 aliphatic rings. The molecule has 0 radical (unpaired) electrons. The Hall–Kier alpha value is -1.63. The zero-order chi connectivity index (χ0) is 17.9. The van der Waals surface area contributed by atoms with Crippen LogP contribution in [0.15, 0.2) is 72.8 Å². The monoisotopic (exact) mass is 353 g/mol. The van der Waals surface area contributed by atoms with Crippen LogP contribution in [0.25, 0.3) is 0 Å². The van der Waals surface area contributed by atoms with Gasteiger partial charge in [-0.15, -0.1) is 0 Å². The second-order valence-electron chi connectivity index (χ2n) is 7.35. The van der Waals surface area contributed by atoms with E-state index in [9.17, 15) is 4.57 Å². The lowest BCUT2D eigenvalue weighted by molar-refractivity contribution is 0.262. The van der Waals surface area contributed by atoms with Gasteiger partial charge in [0.25, 0.3) is 0 Å². The van der Waals surface area contributed by atoms with Crippen molar-refractivity contribution in [2.24, 2.45) is 11.8 Å². The van der Waals surface area contributed by atoms with E-state index in [0.717, 1.165) is 23.5 Å². The van der Waals surface area contributed by atoms with Crippen LogP contribution in [-0.4, -0.2) is 6.04 Å². The van der Waals surface area contributed by atoms with Crippen molar-refractivity contribution in [1.29, 1.82) is 0 Å². The van der Waals surface area contributed by atoms with Crippen LogP contribution in [0.1, 0.15) is 33.1 Å². The zero-order valence-corrected chi connectivity index (χ0v) is 16.1. The summed E-state index contributed by atoms with van der Waals surface area (Å²) in [5.41, 5.74) is 1.24. The molecule has 0 aliphatic heterocycles. The molecule has 3 heteroatoms. The van der Waals surface area contributed by atoms with Crippen LogP contribution in [0.3, 0.4) is 0 Å². The summed E-state index contributed by atoms with van der Waals surface area (Å²) in [5, 5.41) is 5.37. The molecule has 2 aromatic rings. The van der Waals surface area contributed by atoms with Crippen molar-refractivity contribution in [3.8, 4) is 0 Å². The predicted molar refractivity (Wildman–Crippen MR) is 108 cm³/mol. The second-order valence-corrected chi connectivity index (χ2v) is 9.86. The molecule has 0 spiro atoms. The van der Waals surface area contributed by atoms with Gasteiger partial charge in [0.1, 0.15) is 0 Å². The lowest BCUT2D eigenvalue weighted by Crippen LogP contribution is -2.42. The smallest absolute Gasteiger partial charge is 0.204 e. The Morgan fingerprint density at radius 2 is 1.52 bits per heavy atom. The van der Waals surface area contributed by atoms with Gasteiger partial charge in [-0.25, -0.2) is 0 Å². The summed E-state index contributed by atoms with van der Waals surface area (Å²) >= 11 is 0. The van der Waals surface area contributed by atoms with Crippen LogP contribution < -0.4 is 15.7 Å². The lowest BCUT2D eigenvalue weighted by Gasteiger charge is -2.37. The first-order valence-electron chi connectivity index (χ1n) is 9.15. The molecule has 132 valence electrons. The van der Waals surface area contributed by atoms with Crippen molar-refractivity contribution < 1.29 is 4.57 Å². The molecular formula is C22H28NOP. The van der Waals surface area contributed by atoms with Gasteiger partial charge in [-0.1, -0.05) is 55.5 Å². The lowest BCUT2D eigenvalue weighted by atomic mass is 9.77. The number of rotatable bonds is 5. The number of hydrogen-bond acceptors (Lipinski definition) is 1. The summed E-state index contributed by atoms with van der Waals surface area (Å²) in [6.07, 6.45) is 3.36. The number of hydrogen-bond donors (Lipinski definition) is 1. The molecule has 2 nitrogen and oxygen atoms in total. The van der Waals surface area contributed by atoms with Crippen molar-refractivity contribution in [2.45, 2.75) is 39.2 Å². The van der Waals surface area contributed by atoms with E-state index >= 15 is 0 Å². The summed E-state index contributed by atoms with van der Waals surface area (Å²) < 4.78 is 14.2. The van der Waals surface area contributed by atoms with E-state index in [-0.39, 0.29) is 6.04 Å². The summed E-state index contributed by atoms with van der Waals surface area (Å²) in [6, 6.07) is 20.0. The highest BCUT2D eigenvalue weighted by molar-refractivity contribution is 7.76. The molecule has 1 saturated carbocycles. The first-order chi connectivity index (χ1) is 12.0. The molecule has 3 atom stereocenters. The molecule has 3 unspecified atom stereocenters. The van der Waals surface area contributed by atoms with Crippen molar-refractivity contribution in [1.82, 2.24) is 5.09 Å². The van der Waals surface area contributed by atoms with Gasteiger partial charge < -0.3 is 0 Å². The Balaban J connectivity index is 1.96. The van der Waals surface area contributed by atoms with Gasteiger partial charge in [0, 0.05) is 16.7 Å². The highest BCUT2D eigenvalue weighted by atomic mass is 31.2. The quantitative estimate of drug-likeness (QED) is 0.613. The first-order valence-corrected chi connectivity index (χ1v) is 10.9. The molecule has 1 N–H and O–H groups in total. The largest absolute Gasteiger partial charge is 0.297 e. The van der Waals surface area contributed by atoms with Gasteiger partial charge in [-0.2, -0.15) is 0 Å². The minimum absolute atomic E-state index is 0.238. The fourth-order valence-corrected chi connectivity index (χ4v) is 6.36. The second kappa shape index (κ2) is 7.72. The van der Waals surface area contributed by atoms with E-state index in [4.69, 9.17) is 0 Å². The molecule has 0 amide bonds. The highest BCUT2D eigenvalue weighted by Crippen LogP contribution is 2.43. The number of allylic oxidation sites excluding steroid dienone is 1. The standard InChI is InChI=1S/C22H28NOP/c1-17(2)19-15-14-18(3)22(16-19)23-25(24,20-10-6-4-7-11-20)21-12-8-5-9-13-21/h4-13,18-19,22H,1,14-16H2,2-3H3,(H,23,24). The Morgan fingerprint density at radius 3 is 2.00 bits per heavy atom. The molecule has 0 saturated heterocycles. The minimum atomic E-state index is -2.87. The third kappa shape index (κ3) is 3.97. The average Bonchev–Trinajstić information content (AvgIpc) is 2.64. The Morgan fingerprint density at radius 1 is 1.00 bits per heavy atom. The molecule has 25 heavy (non-hydrogen) atoms. The molecule has 0 aromatic heterocycles. The molecule has 0 bridgehead atoms. The fraction of sp³-hybridized carbons (Fsp3) is 0.364. The van der Waals surface area contributed by atoms with Crippen LogP contribution in [0, 0.1) is 11.8 Å². The maximum atomic E-state index is 14.2. The van der Waals surface area contributed by atoms with Crippen molar-refractivity contribution >= 4 is 17.9 Å². The van der Waals surface area contributed by atoms with Crippen LogP contribution in [0.5, 0.6) is 0 Å². The van der Waals surface area contributed by atoms with E-state index in [1.54, 1.807) is 0 Å².